The van der Waals surface area contributed by atoms with Crippen LogP contribution in [0.4, 0.5) is 17.6 Å². The van der Waals surface area contributed by atoms with Gasteiger partial charge in [0.25, 0.3) is 5.91 Å². The van der Waals surface area contributed by atoms with E-state index in [0.717, 1.165) is 31.5 Å². The van der Waals surface area contributed by atoms with Gasteiger partial charge in [0.05, 0.1) is 5.56 Å². The van der Waals surface area contributed by atoms with Crippen molar-refractivity contribution in [2.75, 3.05) is 6.61 Å². The number of aromatic nitrogens is 1. The van der Waals surface area contributed by atoms with Crippen molar-refractivity contribution in [3.63, 3.8) is 0 Å². The van der Waals surface area contributed by atoms with Crippen molar-refractivity contribution in [1.29, 1.82) is 0 Å². The first kappa shape index (κ1) is 22.9. The van der Waals surface area contributed by atoms with Gasteiger partial charge in [-0.15, -0.1) is 0 Å². The van der Waals surface area contributed by atoms with Crippen LogP contribution >= 0.6 is 0 Å². The number of ether oxygens (including phenoxy) is 1. The Balaban J connectivity index is 1.88. The third-order valence-electron chi connectivity index (χ3n) is 4.54. The molecule has 1 aromatic rings. The van der Waals surface area contributed by atoms with Gasteiger partial charge in [0.15, 0.2) is 6.61 Å². The monoisotopic (exact) mass is 419 g/mol. The lowest BCUT2D eigenvalue weighted by molar-refractivity contribution is -0.148. The molecule has 6 nitrogen and oxygen atoms in total. The molecule has 29 heavy (non-hydrogen) atoms. The smallest absolute Gasteiger partial charge is 0.340 e. The summed E-state index contributed by atoms with van der Waals surface area (Å²) in [4.78, 5) is 28.3. The Kier molecular flexibility index (Phi) is 7.80. The fourth-order valence-electron chi connectivity index (χ4n) is 3.06. The highest BCUT2D eigenvalue weighted by Gasteiger charge is 2.41. The maximum atomic E-state index is 12.9. The standard InChI is InChI=1S/C19H25F4N3O3/c1-11(2)25-16(27)12-4-3-5-14(8-12)26-17(28)13-6-7-15(24-9-13)29-10-19(22,23)18(20)21/h6-7,9,11-12,14,18H,3-5,8,10H2,1-2H3,(H,25,27)(H,26,28). The van der Waals surface area contributed by atoms with E-state index in [1.165, 1.54) is 6.07 Å². The molecule has 2 unspecified atom stereocenters. The number of carbonyl (C=O) groups excluding carboxylic acids is 2. The first-order valence-corrected chi connectivity index (χ1v) is 9.44. The SMILES string of the molecule is CC(C)NC(=O)C1CCCC(NC(=O)c2ccc(OCC(F)(F)C(F)F)nc2)C1. The minimum absolute atomic E-state index is 0.0253. The van der Waals surface area contributed by atoms with Gasteiger partial charge in [-0.05, 0) is 39.2 Å². The molecule has 0 spiro atoms. The molecule has 0 radical (unpaired) electrons. The molecule has 2 amide bonds. The second-order valence-electron chi connectivity index (χ2n) is 7.43. The van der Waals surface area contributed by atoms with E-state index >= 15 is 0 Å². The van der Waals surface area contributed by atoms with E-state index in [2.05, 4.69) is 20.4 Å². The molecule has 1 aromatic heterocycles. The third-order valence-corrected chi connectivity index (χ3v) is 4.54. The zero-order valence-electron chi connectivity index (χ0n) is 16.3. The normalized spacial score (nSPS) is 19.9. The van der Waals surface area contributed by atoms with E-state index in [1.807, 2.05) is 13.8 Å². The molecule has 1 fully saturated rings. The lowest BCUT2D eigenvalue weighted by Gasteiger charge is -2.29. The van der Waals surface area contributed by atoms with Gasteiger partial charge in [0.2, 0.25) is 11.8 Å². The summed E-state index contributed by atoms with van der Waals surface area (Å²) in [7, 11) is 0. The number of alkyl halides is 4. The molecule has 1 heterocycles. The number of rotatable bonds is 8. The molecule has 2 atom stereocenters. The number of nitrogens with one attached hydrogen (secondary N) is 2. The van der Waals surface area contributed by atoms with Gasteiger partial charge >= 0.3 is 12.3 Å². The minimum Gasteiger partial charge on any atom is -0.471 e. The van der Waals surface area contributed by atoms with Crippen molar-refractivity contribution in [2.45, 2.75) is 64.0 Å². The molecular weight excluding hydrogens is 394 g/mol. The molecule has 162 valence electrons. The fraction of sp³-hybridized carbons (Fsp3) is 0.632. The summed E-state index contributed by atoms with van der Waals surface area (Å²) in [5.74, 6) is -5.18. The van der Waals surface area contributed by atoms with Gasteiger partial charge in [0.1, 0.15) is 0 Å². The Bertz CT molecular complexity index is 698. The van der Waals surface area contributed by atoms with Crippen LogP contribution < -0.4 is 15.4 Å². The Labute approximate surface area is 166 Å². The second-order valence-corrected chi connectivity index (χ2v) is 7.43. The van der Waals surface area contributed by atoms with Gasteiger partial charge < -0.3 is 15.4 Å². The zero-order chi connectivity index (χ0) is 21.6. The number of hydrogen-bond donors (Lipinski definition) is 2. The highest BCUT2D eigenvalue weighted by molar-refractivity contribution is 5.94. The van der Waals surface area contributed by atoms with Crippen molar-refractivity contribution in [2.24, 2.45) is 5.92 Å². The molecule has 0 saturated heterocycles. The molecule has 0 aromatic carbocycles. The fourth-order valence-corrected chi connectivity index (χ4v) is 3.06. The van der Waals surface area contributed by atoms with Crippen molar-refractivity contribution >= 4 is 11.8 Å². The summed E-state index contributed by atoms with van der Waals surface area (Å²) in [5, 5.41) is 5.72. The van der Waals surface area contributed by atoms with Crippen LogP contribution in [-0.2, 0) is 4.79 Å². The van der Waals surface area contributed by atoms with Crippen LogP contribution in [0.25, 0.3) is 0 Å². The van der Waals surface area contributed by atoms with Crippen LogP contribution in [0.3, 0.4) is 0 Å². The molecule has 2 rings (SSSR count). The zero-order valence-corrected chi connectivity index (χ0v) is 16.3. The van der Waals surface area contributed by atoms with Crippen LogP contribution in [0.15, 0.2) is 18.3 Å². The quantitative estimate of drug-likeness (QED) is 0.635. The van der Waals surface area contributed by atoms with Crippen molar-refractivity contribution < 1.29 is 31.9 Å². The topological polar surface area (TPSA) is 80.3 Å². The Morgan fingerprint density at radius 1 is 1.28 bits per heavy atom. The molecule has 10 heteroatoms. The van der Waals surface area contributed by atoms with E-state index in [9.17, 15) is 27.2 Å². The van der Waals surface area contributed by atoms with Gasteiger partial charge in [-0.25, -0.2) is 13.8 Å². The van der Waals surface area contributed by atoms with Crippen LogP contribution in [0, 0.1) is 5.92 Å². The highest BCUT2D eigenvalue weighted by Crippen LogP contribution is 2.25. The predicted octanol–water partition coefficient (Wildman–Crippen LogP) is 3.17. The van der Waals surface area contributed by atoms with Gasteiger partial charge in [-0.3, -0.25) is 9.59 Å². The third kappa shape index (κ3) is 6.86. The van der Waals surface area contributed by atoms with Crippen LogP contribution in [0.2, 0.25) is 0 Å². The molecule has 2 N–H and O–H groups in total. The summed E-state index contributed by atoms with van der Waals surface area (Å²) < 4.78 is 54.5. The summed E-state index contributed by atoms with van der Waals surface area (Å²) in [5.41, 5.74) is 0.173. The van der Waals surface area contributed by atoms with E-state index in [1.54, 1.807) is 0 Å². The summed E-state index contributed by atoms with van der Waals surface area (Å²) >= 11 is 0. The van der Waals surface area contributed by atoms with Crippen LogP contribution in [0.5, 0.6) is 5.88 Å². The number of hydrogen-bond acceptors (Lipinski definition) is 4. The van der Waals surface area contributed by atoms with E-state index in [0.29, 0.717) is 6.42 Å². The number of halogens is 4. The van der Waals surface area contributed by atoms with Crippen molar-refractivity contribution in [3.8, 4) is 5.88 Å². The number of nitrogens with zero attached hydrogens (tertiary/aromatic N) is 1. The highest BCUT2D eigenvalue weighted by atomic mass is 19.3. The van der Waals surface area contributed by atoms with Gasteiger partial charge in [0, 0.05) is 30.3 Å². The summed E-state index contributed by atoms with van der Waals surface area (Å²) in [6.45, 7) is 2.26. The predicted molar refractivity (Wildman–Crippen MR) is 97.2 cm³/mol. The number of amides is 2. The lowest BCUT2D eigenvalue weighted by Crippen LogP contribution is -2.43. The minimum atomic E-state index is -4.28. The molecule has 0 aliphatic heterocycles. The summed E-state index contributed by atoms with van der Waals surface area (Å²) in [6, 6.07) is 2.35. The molecule has 1 aliphatic carbocycles. The molecular formula is C19H25F4N3O3. The first-order valence-electron chi connectivity index (χ1n) is 9.44. The largest absolute Gasteiger partial charge is 0.471 e. The average molecular weight is 419 g/mol. The van der Waals surface area contributed by atoms with Gasteiger partial charge in [-0.2, -0.15) is 8.78 Å². The maximum absolute atomic E-state index is 12.9. The van der Waals surface area contributed by atoms with E-state index < -0.39 is 24.9 Å². The van der Waals surface area contributed by atoms with Crippen LogP contribution in [0.1, 0.15) is 49.9 Å². The summed E-state index contributed by atoms with van der Waals surface area (Å²) in [6.07, 6.45) is 0.133. The van der Waals surface area contributed by atoms with Crippen molar-refractivity contribution in [3.05, 3.63) is 23.9 Å². The number of carbonyl (C=O) groups is 2. The second kappa shape index (κ2) is 9.89. The number of pyridine rings is 1. The van der Waals surface area contributed by atoms with E-state index in [-0.39, 0.29) is 35.4 Å². The Morgan fingerprint density at radius 2 is 2.00 bits per heavy atom. The molecule has 1 aliphatic rings. The van der Waals surface area contributed by atoms with Gasteiger partial charge in [-0.1, -0.05) is 6.42 Å². The Hall–Kier alpha value is -2.39. The lowest BCUT2D eigenvalue weighted by atomic mass is 9.85. The molecule has 0 bridgehead atoms. The average Bonchev–Trinajstić information content (AvgIpc) is 2.66. The van der Waals surface area contributed by atoms with Crippen molar-refractivity contribution in [1.82, 2.24) is 15.6 Å². The maximum Gasteiger partial charge on any atom is 0.340 e. The van der Waals surface area contributed by atoms with Crippen LogP contribution in [-0.4, -0.2) is 47.8 Å². The Morgan fingerprint density at radius 3 is 2.59 bits per heavy atom. The first-order chi connectivity index (χ1) is 13.6. The molecule has 1 saturated carbocycles. The van der Waals surface area contributed by atoms with E-state index in [4.69, 9.17) is 0 Å².